The summed E-state index contributed by atoms with van der Waals surface area (Å²) >= 11 is 1.47. The van der Waals surface area contributed by atoms with Crippen LogP contribution in [0.2, 0.25) is 0 Å². The summed E-state index contributed by atoms with van der Waals surface area (Å²) in [5, 5.41) is 8.37. The first kappa shape index (κ1) is 27.1. The lowest BCUT2D eigenvalue weighted by Gasteiger charge is -2.27. The highest BCUT2D eigenvalue weighted by atomic mass is 32.1. The van der Waals surface area contributed by atoms with Gasteiger partial charge in [0.25, 0.3) is 11.8 Å². The minimum atomic E-state index is -0.151. The van der Waals surface area contributed by atoms with Crippen molar-refractivity contribution in [2.24, 2.45) is 5.41 Å². The maximum atomic E-state index is 13.3. The molecule has 37 heavy (non-hydrogen) atoms. The lowest BCUT2D eigenvalue weighted by atomic mass is 9.92. The van der Waals surface area contributed by atoms with Crippen molar-refractivity contribution in [3.63, 3.8) is 0 Å². The van der Waals surface area contributed by atoms with Crippen LogP contribution >= 0.6 is 11.3 Å². The maximum absolute atomic E-state index is 13.3. The second-order valence-corrected chi connectivity index (χ2v) is 12.0. The molecule has 2 aliphatic heterocycles. The molecule has 0 spiro atoms. The minimum Gasteiger partial charge on any atom is -0.368 e. The van der Waals surface area contributed by atoms with Crippen LogP contribution in [0.15, 0.2) is 35.7 Å². The van der Waals surface area contributed by atoms with Crippen LogP contribution in [-0.4, -0.2) is 79.9 Å². The molecule has 8 nitrogen and oxygen atoms in total. The van der Waals surface area contributed by atoms with Gasteiger partial charge < -0.3 is 25.3 Å². The van der Waals surface area contributed by atoms with Crippen LogP contribution in [0.25, 0.3) is 0 Å². The highest BCUT2D eigenvalue weighted by Crippen LogP contribution is 2.30. The first-order chi connectivity index (χ1) is 17.7. The fraction of sp³-hybridized carbons (Fsp3) is 0.536. The van der Waals surface area contributed by atoms with Gasteiger partial charge in [0.1, 0.15) is 0 Å². The number of nitrogens with zero attached hydrogens (tertiary/aromatic N) is 3. The molecule has 0 aliphatic carbocycles. The van der Waals surface area contributed by atoms with E-state index < -0.39 is 0 Å². The summed E-state index contributed by atoms with van der Waals surface area (Å²) in [6.45, 7) is 11.9. The Hall–Kier alpha value is -2.91. The zero-order chi connectivity index (χ0) is 26.4. The van der Waals surface area contributed by atoms with Crippen LogP contribution in [0, 0.1) is 5.41 Å². The van der Waals surface area contributed by atoms with Gasteiger partial charge in [-0.15, -0.1) is 11.3 Å². The molecular formula is C28H39N5O3S. The van der Waals surface area contributed by atoms with Gasteiger partial charge in [-0.2, -0.15) is 0 Å². The molecule has 2 aromatic rings. The van der Waals surface area contributed by atoms with Gasteiger partial charge in [0, 0.05) is 57.8 Å². The van der Waals surface area contributed by atoms with Crippen LogP contribution in [-0.2, 0) is 4.79 Å². The topological polar surface area (TPSA) is 85.0 Å². The number of carbonyl (C=O) groups excluding carboxylic acids is 3. The molecule has 0 bridgehead atoms. The van der Waals surface area contributed by atoms with Crippen LogP contribution in [0.5, 0.6) is 0 Å². The van der Waals surface area contributed by atoms with Gasteiger partial charge in [0.05, 0.1) is 16.3 Å². The number of hydrogen-bond acceptors (Lipinski definition) is 6. The van der Waals surface area contributed by atoms with E-state index in [0.717, 1.165) is 49.6 Å². The molecule has 2 aliphatic rings. The van der Waals surface area contributed by atoms with Crippen molar-refractivity contribution in [3.05, 3.63) is 46.2 Å². The minimum absolute atomic E-state index is 0.00911. The van der Waals surface area contributed by atoms with E-state index in [0.29, 0.717) is 43.9 Å². The normalized spacial score (nSPS) is 17.2. The standard InChI is InChI=1S/C28H39N5O3S/c1-28(2,3)20-25(34)30-22-19-21(26(35)32-12-5-10-29-11-15-32)8-9-23(22)31-13-6-14-33(17-16-31)27(36)24-7-4-18-37-24/h4,7-9,18-19,29H,5-6,10-17,20H2,1-3H3,(H,30,34). The van der Waals surface area contributed by atoms with E-state index in [2.05, 4.69) is 15.5 Å². The number of amides is 3. The number of anilines is 2. The highest BCUT2D eigenvalue weighted by Gasteiger charge is 2.25. The summed E-state index contributed by atoms with van der Waals surface area (Å²) in [7, 11) is 0. The molecule has 3 heterocycles. The number of nitrogens with one attached hydrogen (secondary N) is 2. The van der Waals surface area contributed by atoms with E-state index >= 15 is 0 Å². The summed E-state index contributed by atoms with van der Waals surface area (Å²) in [5.74, 6) is -0.00441. The molecule has 3 amide bonds. The molecule has 0 radical (unpaired) electrons. The predicted octanol–water partition coefficient (Wildman–Crippen LogP) is 3.91. The summed E-state index contributed by atoms with van der Waals surface area (Å²) in [5.41, 5.74) is 1.98. The summed E-state index contributed by atoms with van der Waals surface area (Å²) in [6, 6.07) is 9.42. The van der Waals surface area contributed by atoms with E-state index in [1.54, 1.807) is 0 Å². The van der Waals surface area contributed by atoms with E-state index in [1.165, 1.54) is 11.3 Å². The summed E-state index contributed by atoms with van der Waals surface area (Å²) < 4.78 is 0. The number of thiophene rings is 1. The van der Waals surface area contributed by atoms with Gasteiger partial charge in [0.2, 0.25) is 5.91 Å². The van der Waals surface area contributed by atoms with Crippen molar-refractivity contribution < 1.29 is 14.4 Å². The second kappa shape index (κ2) is 12.1. The lowest BCUT2D eigenvalue weighted by Crippen LogP contribution is -2.35. The van der Waals surface area contributed by atoms with Crippen molar-refractivity contribution in [2.75, 3.05) is 62.6 Å². The Morgan fingerprint density at radius 1 is 0.919 bits per heavy atom. The number of rotatable bonds is 5. The monoisotopic (exact) mass is 525 g/mol. The van der Waals surface area contributed by atoms with Crippen molar-refractivity contribution in [2.45, 2.75) is 40.0 Å². The molecule has 0 unspecified atom stereocenters. The fourth-order valence-corrected chi connectivity index (χ4v) is 5.56. The van der Waals surface area contributed by atoms with Gasteiger partial charge in [-0.3, -0.25) is 14.4 Å². The average Bonchev–Trinajstić information content (AvgIpc) is 3.09. The lowest BCUT2D eigenvalue weighted by molar-refractivity contribution is -0.117. The number of benzene rings is 1. The summed E-state index contributed by atoms with van der Waals surface area (Å²) in [4.78, 5) is 46.0. The van der Waals surface area contributed by atoms with Crippen molar-refractivity contribution >= 4 is 40.4 Å². The Labute approximate surface area is 224 Å². The molecule has 0 atom stereocenters. The quantitative estimate of drug-likeness (QED) is 0.618. The molecule has 200 valence electrons. The summed E-state index contributed by atoms with van der Waals surface area (Å²) in [6.07, 6.45) is 2.13. The van der Waals surface area contributed by atoms with Gasteiger partial charge in [-0.25, -0.2) is 0 Å². The second-order valence-electron chi connectivity index (χ2n) is 11.0. The highest BCUT2D eigenvalue weighted by molar-refractivity contribution is 7.12. The Morgan fingerprint density at radius 2 is 1.70 bits per heavy atom. The molecule has 0 saturated carbocycles. The van der Waals surface area contributed by atoms with Crippen LogP contribution < -0.4 is 15.5 Å². The Kier molecular flexibility index (Phi) is 8.87. The molecule has 2 fully saturated rings. The van der Waals surface area contributed by atoms with Gasteiger partial charge >= 0.3 is 0 Å². The zero-order valence-electron chi connectivity index (χ0n) is 22.2. The molecule has 1 aromatic carbocycles. The fourth-order valence-electron chi connectivity index (χ4n) is 4.87. The van der Waals surface area contributed by atoms with E-state index in [-0.39, 0.29) is 23.1 Å². The Morgan fingerprint density at radius 3 is 2.46 bits per heavy atom. The third-order valence-electron chi connectivity index (χ3n) is 6.69. The molecule has 4 rings (SSSR count). The van der Waals surface area contributed by atoms with E-state index in [1.807, 2.05) is 66.3 Å². The number of hydrogen-bond donors (Lipinski definition) is 2. The number of carbonyl (C=O) groups is 3. The van der Waals surface area contributed by atoms with Crippen molar-refractivity contribution in [1.29, 1.82) is 0 Å². The first-order valence-corrected chi connectivity index (χ1v) is 14.1. The molecule has 1 aromatic heterocycles. The molecule has 9 heteroatoms. The third-order valence-corrected chi connectivity index (χ3v) is 7.55. The van der Waals surface area contributed by atoms with E-state index in [4.69, 9.17) is 0 Å². The van der Waals surface area contributed by atoms with E-state index in [9.17, 15) is 14.4 Å². The molecular weight excluding hydrogens is 486 g/mol. The maximum Gasteiger partial charge on any atom is 0.263 e. The first-order valence-electron chi connectivity index (χ1n) is 13.2. The average molecular weight is 526 g/mol. The SMILES string of the molecule is CC(C)(C)CC(=O)Nc1cc(C(=O)N2CCCNCC2)ccc1N1CCCN(C(=O)c2cccs2)CC1. The Bertz CT molecular complexity index is 1090. The third kappa shape index (κ3) is 7.32. The Balaban J connectivity index is 1.56. The smallest absolute Gasteiger partial charge is 0.263 e. The van der Waals surface area contributed by atoms with Gasteiger partial charge in [-0.05, 0) is 54.4 Å². The van der Waals surface area contributed by atoms with Gasteiger partial charge in [-0.1, -0.05) is 26.8 Å². The molecule has 2 saturated heterocycles. The largest absolute Gasteiger partial charge is 0.368 e. The molecule has 2 N–H and O–H groups in total. The van der Waals surface area contributed by atoms with Crippen LogP contribution in [0.4, 0.5) is 11.4 Å². The van der Waals surface area contributed by atoms with Crippen molar-refractivity contribution in [3.8, 4) is 0 Å². The van der Waals surface area contributed by atoms with Crippen molar-refractivity contribution in [1.82, 2.24) is 15.1 Å². The van der Waals surface area contributed by atoms with Crippen LogP contribution in [0.3, 0.4) is 0 Å². The predicted molar refractivity (Wildman–Crippen MR) is 150 cm³/mol. The van der Waals surface area contributed by atoms with Gasteiger partial charge in [0.15, 0.2) is 0 Å². The zero-order valence-corrected chi connectivity index (χ0v) is 23.0. The van der Waals surface area contributed by atoms with Crippen LogP contribution in [0.1, 0.15) is 60.1 Å².